The van der Waals surface area contributed by atoms with Crippen LogP contribution in [0.3, 0.4) is 0 Å². The Bertz CT molecular complexity index is 247. The minimum absolute atomic E-state index is 0.168. The number of piperidine rings is 1. The number of morpholine rings is 1. The van der Waals surface area contributed by atoms with Crippen molar-refractivity contribution in [1.29, 1.82) is 0 Å². The van der Waals surface area contributed by atoms with E-state index in [9.17, 15) is 0 Å². The van der Waals surface area contributed by atoms with Crippen LogP contribution in [0.15, 0.2) is 0 Å². The fourth-order valence-corrected chi connectivity index (χ4v) is 3.16. The van der Waals surface area contributed by atoms with E-state index in [-0.39, 0.29) is 5.60 Å². The predicted molar refractivity (Wildman–Crippen MR) is 63.6 cm³/mol. The number of nitrogens with zero attached hydrogens (tertiary/aromatic N) is 2. The molecule has 0 saturated carbocycles. The summed E-state index contributed by atoms with van der Waals surface area (Å²) in [5, 5.41) is 3.34. The zero-order valence-electron chi connectivity index (χ0n) is 10.2. The van der Waals surface area contributed by atoms with Crippen molar-refractivity contribution >= 4 is 0 Å². The molecule has 0 aromatic rings. The summed E-state index contributed by atoms with van der Waals surface area (Å²) < 4.78 is 5.93. The van der Waals surface area contributed by atoms with Gasteiger partial charge in [-0.05, 0) is 33.0 Å². The molecule has 0 atom stereocenters. The molecule has 0 aromatic carbocycles. The molecular formula is C12H23N3O. The summed E-state index contributed by atoms with van der Waals surface area (Å²) in [4.78, 5) is 5.12. The highest BCUT2D eigenvalue weighted by molar-refractivity contribution is 5.00. The Morgan fingerprint density at radius 2 is 1.94 bits per heavy atom. The minimum atomic E-state index is 0.168. The molecule has 0 aromatic heterocycles. The number of ether oxygens (including phenoxy) is 1. The van der Waals surface area contributed by atoms with Crippen LogP contribution < -0.4 is 5.32 Å². The van der Waals surface area contributed by atoms with E-state index >= 15 is 0 Å². The highest BCUT2D eigenvalue weighted by Crippen LogP contribution is 2.26. The highest BCUT2D eigenvalue weighted by Gasteiger charge is 2.43. The molecule has 92 valence electrons. The molecule has 0 amide bonds. The molecule has 4 heteroatoms. The molecule has 1 spiro atoms. The molecule has 3 aliphatic rings. The van der Waals surface area contributed by atoms with E-state index in [1.165, 1.54) is 25.9 Å². The summed E-state index contributed by atoms with van der Waals surface area (Å²) in [6, 6.07) is 0.803. The van der Waals surface area contributed by atoms with Gasteiger partial charge < -0.3 is 15.0 Å². The van der Waals surface area contributed by atoms with Gasteiger partial charge in [-0.1, -0.05) is 0 Å². The van der Waals surface area contributed by atoms with E-state index in [1.54, 1.807) is 0 Å². The third-order valence-corrected chi connectivity index (χ3v) is 4.38. The molecule has 3 rings (SSSR count). The van der Waals surface area contributed by atoms with Crippen molar-refractivity contribution in [3.05, 3.63) is 0 Å². The Morgan fingerprint density at radius 1 is 1.19 bits per heavy atom. The first-order chi connectivity index (χ1) is 7.77. The lowest BCUT2D eigenvalue weighted by Gasteiger charge is -2.51. The first-order valence-corrected chi connectivity index (χ1v) is 6.55. The van der Waals surface area contributed by atoms with Crippen molar-refractivity contribution < 1.29 is 4.74 Å². The van der Waals surface area contributed by atoms with Gasteiger partial charge in [0.05, 0.1) is 6.61 Å². The summed E-state index contributed by atoms with van der Waals surface area (Å²) in [6.45, 7) is 7.82. The van der Waals surface area contributed by atoms with Gasteiger partial charge in [0.2, 0.25) is 0 Å². The maximum absolute atomic E-state index is 5.93. The molecule has 3 aliphatic heterocycles. The fraction of sp³-hybridized carbons (Fsp3) is 1.00. The fourth-order valence-electron chi connectivity index (χ4n) is 3.16. The Morgan fingerprint density at radius 3 is 2.56 bits per heavy atom. The second-order valence-corrected chi connectivity index (χ2v) is 5.64. The second kappa shape index (κ2) is 4.26. The van der Waals surface area contributed by atoms with E-state index < -0.39 is 0 Å². The van der Waals surface area contributed by atoms with Gasteiger partial charge in [-0.15, -0.1) is 0 Å². The third kappa shape index (κ3) is 1.99. The zero-order valence-corrected chi connectivity index (χ0v) is 10.2. The van der Waals surface area contributed by atoms with Crippen LogP contribution in [0.5, 0.6) is 0 Å². The van der Waals surface area contributed by atoms with Crippen molar-refractivity contribution in [3.8, 4) is 0 Å². The van der Waals surface area contributed by atoms with E-state index in [2.05, 4.69) is 22.2 Å². The van der Waals surface area contributed by atoms with Crippen molar-refractivity contribution in [2.24, 2.45) is 0 Å². The van der Waals surface area contributed by atoms with Gasteiger partial charge in [0.1, 0.15) is 5.60 Å². The molecule has 0 bridgehead atoms. The average molecular weight is 225 g/mol. The predicted octanol–water partition coefficient (Wildman–Crippen LogP) is -0.245. The number of rotatable bonds is 1. The molecular weight excluding hydrogens is 202 g/mol. The molecule has 3 fully saturated rings. The van der Waals surface area contributed by atoms with Crippen LogP contribution in [0.4, 0.5) is 0 Å². The molecule has 0 aliphatic carbocycles. The maximum Gasteiger partial charge on any atom is 0.106 e. The van der Waals surface area contributed by atoms with Gasteiger partial charge in [0.15, 0.2) is 0 Å². The topological polar surface area (TPSA) is 27.7 Å². The van der Waals surface area contributed by atoms with Crippen LogP contribution in [-0.4, -0.2) is 74.4 Å². The van der Waals surface area contributed by atoms with E-state index in [4.69, 9.17) is 4.74 Å². The smallest absolute Gasteiger partial charge is 0.106 e. The van der Waals surface area contributed by atoms with Gasteiger partial charge in [-0.25, -0.2) is 0 Å². The summed E-state index contributed by atoms with van der Waals surface area (Å²) in [6.07, 6.45) is 2.67. The van der Waals surface area contributed by atoms with Crippen LogP contribution >= 0.6 is 0 Å². The SMILES string of the molecule is CN1CCC(N2CCOC3(CNC3)C2)CC1. The summed E-state index contributed by atoms with van der Waals surface area (Å²) in [5.74, 6) is 0. The number of nitrogens with one attached hydrogen (secondary N) is 1. The minimum Gasteiger partial charge on any atom is -0.370 e. The van der Waals surface area contributed by atoms with Crippen molar-refractivity contribution in [2.45, 2.75) is 24.5 Å². The van der Waals surface area contributed by atoms with E-state index in [0.717, 1.165) is 38.8 Å². The van der Waals surface area contributed by atoms with E-state index in [1.807, 2.05) is 0 Å². The van der Waals surface area contributed by atoms with Gasteiger partial charge in [-0.3, -0.25) is 4.90 Å². The van der Waals surface area contributed by atoms with Crippen molar-refractivity contribution in [1.82, 2.24) is 15.1 Å². The third-order valence-electron chi connectivity index (χ3n) is 4.38. The van der Waals surface area contributed by atoms with Gasteiger partial charge in [0.25, 0.3) is 0 Å². The standard InChI is InChI=1S/C12H23N3O/c1-14-4-2-11(3-5-14)15-6-7-16-12(10-15)8-13-9-12/h11,13H,2-10H2,1H3. The maximum atomic E-state index is 5.93. The molecule has 16 heavy (non-hydrogen) atoms. The van der Waals surface area contributed by atoms with E-state index in [0.29, 0.717) is 0 Å². The Kier molecular flexibility index (Phi) is 2.92. The van der Waals surface area contributed by atoms with Gasteiger partial charge >= 0.3 is 0 Å². The first kappa shape index (κ1) is 11.0. The van der Waals surface area contributed by atoms with Crippen LogP contribution in [-0.2, 0) is 4.74 Å². The highest BCUT2D eigenvalue weighted by atomic mass is 16.5. The zero-order chi connectivity index (χ0) is 11.0. The molecule has 1 N–H and O–H groups in total. The van der Waals surface area contributed by atoms with Gasteiger partial charge in [0, 0.05) is 32.2 Å². The lowest BCUT2D eigenvalue weighted by molar-refractivity contribution is -0.146. The van der Waals surface area contributed by atoms with Crippen LogP contribution in [0.25, 0.3) is 0 Å². The second-order valence-electron chi connectivity index (χ2n) is 5.64. The Hall–Kier alpha value is -0.160. The number of hydrogen-bond donors (Lipinski definition) is 1. The van der Waals surface area contributed by atoms with Crippen molar-refractivity contribution in [2.75, 3.05) is 52.9 Å². The van der Waals surface area contributed by atoms with Crippen LogP contribution in [0, 0.1) is 0 Å². The largest absolute Gasteiger partial charge is 0.370 e. The Labute approximate surface area is 97.9 Å². The van der Waals surface area contributed by atoms with Crippen molar-refractivity contribution in [3.63, 3.8) is 0 Å². The lowest BCUT2D eigenvalue weighted by atomic mass is 9.92. The summed E-state index contributed by atoms with van der Waals surface area (Å²) in [7, 11) is 2.23. The lowest BCUT2D eigenvalue weighted by Crippen LogP contribution is -2.70. The molecule has 0 unspecified atom stereocenters. The quantitative estimate of drug-likeness (QED) is 0.666. The summed E-state index contributed by atoms with van der Waals surface area (Å²) >= 11 is 0. The normalized spacial score (nSPS) is 32.8. The molecule has 3 saturated heterocycles. The number of likely N-dealkylation sites (tertiary alicyclic amines) is 1. The summed E-state index contributed by atoms with van der Waals surface area (Å²) in [5.41, 5.74) is 0.168. The monoisotopic (exact) mass is 225 g/mol. The molecule has 0 radical (unpaired) electrons. The molecule has 4 nitrogen and oxygen atoms in total. The Balaban J connectivity index is 1.57. The first-order valence-electron chi connectivity index (χ1n) is 6.55. The van der Waals surface area contributed by atoms with Crippen LogP contribution in [0.1, 0.15) is 12.8 Å². The number of hydrogen-bond acceptors (Lipinski definition) is 4. The average Bonchev–Trinajstić information content (AvgIpc) is 2.28. The van der Waals surface area contributed by atoms with Crippen LogP contribution in [0.2, 0.25) is 0 Å². The van der Waals surface area contributed by atoms with Gasteiger partial charge in [-0.2, -0.15) is 0 Å². The molecule has 3 heterocycles.